The van der Waals surface area contributed by atoms with Crippen LogP contribution in [0.2, 0.25) is 5.02 Å². The number of nitrogens with zero attached hydrogens (tertiary/aromatic N) is 2. The van der Waals surface area contributed by atoms with Crippen LogP contribution in [-0.4, -0.2) is 30.2 Å². The van der Waals surface area contributed by atoms with Crippen LogP contribution in [0.5, 0.6) is 5.75 Å². The lowest BCUT2D eigenvalue weighted by Crippen LogP contribution is -2.41. The number of anilines is 2. The Hall–Kier alpha value is -4.75. The summed E-state index contributed by atoms with van der Waals surface area (Å²) in [5.41, 5.74) is 5.61. The Labute approximate surface area is 252 Å². The van der Waals surface area contributed by atoms with Crippen molar-refractivity contribution in [1.82, 2.24) is 0 Å². The Morgan fingerprint density at radius 1 is 0.674 bits per heavy atom. The van der Waals surface area contributed by atoms with Gasteiger partial charge in [0.05, 0.1) is 23.4 Å². The van der Waals surface area contributed by atoms with Gasteiger partial charge in [-0.05, 0) is 70.8 Å². The van der Waals surface area contributed by atoms with Crippen molar-refractivity contribution in [2.45, 2.75) is 18.3 Å². The molecule has 5 aliphatic rings. The Morgan fingerprint density at radius 3 is 1.67 bits per heavy atom. The number of ether oxygens (including phenoxy) is 1. The molecule has 2 fully saturated rings. The second-order valence-corrected chi connectivity index (χ2v) is 12.0. The Balaban J connectivity index is 1.02. The summed E-state index contributed by atoms with van der Waals surface area (Å²) in [6, 6.07) is 29.6. The Morgan fingerprint density at radius 2 is 1.16 bits per heavy atom. The number of hydrogen-bond donors (Lipinski definition) is 0. The predicted octanol–water partition coefficient (Wildman–Crippen LogP) is 5.70. The van der Waals surface area contributed by atoms with Crippen molar-refractivity contribution in [3.8, 4) is 5.75 Å². The molecule has 0 unspecified atom stereocenters. The van der Waals surface area contributed by atoms with Crippen molar-refractivity contribution in [2.24, 2.45) is 17.8 Å². The number of amides is 3. The summed E-state index contributed by atoms with van der Waals surface area (Å²) in [5, 5.41) is 0.563. The van der Waals surface area contributed by atoms with Crippen LogP contribution in [0.1, 0.15) is 40.5 Å². The molecule has 4 aromatic rings. The highest BCUT2D eigenvalue weighted by atomic mass is 35.5. The molecule has 212 valence electrons. The lowest BCUT2D eigenvalue weighted by atomic mass is 9.55. The van der Waals surface area contributed by atoms with Crippen molar-refractivity contribution in [1.29, 1.82) is 0 Å². The first kappa shape index (κ1) is 25.9. The summed E-state index contributed by atoms with van der Waals surface area (Å²) in [6.45, 7) is 0.212. The van der Waals surface area contributed by atoms with Gasteiger partial charge in [-0.15, -0.1) is 0 Å². The molecule has 0 saturated carbocycles. The van der Waals surface area contributed by atoms with Crippen molar-refractivity contribution in [3.05, 3.63) is 124 Å². The zero-order valence-corrected chi connectivity index (χ0v) is 23.6. The summed E-state index contributed by atoms with van der Waals surface area (Å²) >= 11 is 5.96. The monoisotopic (exact) mass is 588 g/mol. The van der Waals surface area contributed by atoms with E-state index < -0.39 is 23.7 Å². The molecule has 4 aromatic carbocycles. The molecule has 2 heterocycles. The van der Waals surface area contributed by atoms with E-state index in [4.69, 9.17) is 16.3 Å². The fourth-order valence-corrected chi connectivity index (χ4v) is 7.66. The SMILES string of the molecule is O=C(Oc1ccc(N2C(=O)[C@@H]3C4c5ccccc5C(c5ccccc54)[C@H]3C2=O)cc1)[C@@H]1CC(=O)N(c2ccc(Cl)cc2)C1. The van der Waals surface area contributed by atoms with Crippen LogP contribution in [0.15, 0.2) is 97.1 Å². The molecule has 0 radical (unpaired) electrons. The van der Waals surface area contributed by atoms with E-state index in [1.54, 1.807) is 53.4 Å². The quantitative estimate of drug-likeness (QED) is 0.174. The molecular formula is C35H25ClN2O5. The summed E-state index contributed by atoms with van der Waals surface area (Å²) in [7, 11) is 0. The average Bonchev–Trinajstić information content (AvgIpc) is 3.55. The number of halogens is 1. The summed E-state index contributed by atoms with van der Waals surface area (Å²) in [6.07, 6.45) is 0.0478. The topological polar surface area (TPSA) is 84.0 Å². The van der Waals surface area contributed by atoms with E-state index in [1.165, 1.54) is 4.90 Å². The summed E-state index contributed by atoms with van der Waals surface area (Å²) < 4.78 is 5.62. The van der Waals surface area contributed by atoms with Gasteiger partial charge in [0.25, 0.3) is 0 Å². The van der Waals surface area contributed by atoms with Gasteiger partial charge in [-0.25, -0.2) is 4.90 Å². The second kappa shape index (κ2) is 9.64. The highest BCUT2D eigenvalue weighted by Crippen LogP contribution is 2.61. The van der Waals surface area contributed by atoms with Gasteiger partial charge in [0.2, 0.25) is 17.7 Å². The molecule has 3 amide bonds. The van der Waals surface area contributed by atoms with Gasteiger partial charge in [0.1, 0.15) is 5.75 Å². The number of rotatable bonds is 4. The number of carbonyl (C=O) groups excluding carboxylic acids is 4. The standard InChI is InChI=1S/C35H25ClN2O5/c36-20-9-11-21(12-10-20)37-18-19(17-28(37)39)35(42)43-23-15-13-22(14-16-23)38-33(40)31-29-24-5-1-2-6-25(24)30(32(31)34(38)41)27-8-4-3-7-26(27)29/h1-16,19,29-32H,17-18H2/t19-,29?,30?,31-,32-/m1/s1. The van der Waals surface area contributed by atoms with Gasteiger partial charge in [-0.2, -0.15) is 0 Å². The van der Waals surface area contributed by atoms with Crippen LogP contribution in [0.4, 0.5) is 11.4 Å². The van der Waals surface area contributed by atoms with E-state index in [1.807, 2.05) is 24.3 Å². The third-order valence-electron chi connectivity index (χ3n) is 9.36. The fraction of sp³-hybridized carbons (Fsp3) is 0.200. The summed E-state index contributed by atoms with van der Waals surface area (Å²) in [5.74, 6) is -2.71. The van der Waals surface area contributed by atoms with E-state index in [0.717, 1.165) is 22.3 Å². The molecule has 9 rings (SSSR count). The molecule has 2 saturated heterocycles. The van der Waals surface area contributed by atoms with Gasteiger partial charge < -0.3 is 9.64 Å². The molecule has 0 aromatic heterocycles. The Kier molecular flexibility index (Phi) is 5.81. The molecule has 43 heavy (non-hydrogen) atoms. The predicted molar refractivity (Wildman–Crippen MR) is 160 cm³/mol. The van der Waals surface area contributed by atoms with Gasteiger partial charge in [0.15, 0.2) is 0 Å². The first-order valence-electron chi connectivity index (χ1n) is 14.3. The third-order valence-corrected chi connectivity index (χ3v) is 9.61. The summed E-state index contributed by atoms with van der Waals surface area (Å²) in [4.78, 5) is 56.4. The van der Waals surface area contributed by atoms with E-state index >= 15 is 0 Å². The second-order valence-electron chi connectivity index (χ2n) is 11.6. The number of carbonyl (C=O) groups is 4. The van der Waals surface area contributed by atoms with E-state index in [2.05, 4.69) is 24.3 Å². The minimum Gasteiger partial charge on any atom is -0.426 e. The largest absolute Gasteiger partial charge is 0.426 e. The highest BCUT2D eigenvalue weighted by molar-refractivity contribution is 6.30. The zero-order valence-electron chi connectivity index (χ0n) is 22.9. The number of benzene rings is 4. The molecule has 0 N–H and O–H groups in total. The van der Waals surface area contributed by atoms with Gasteiger partial charge in [-0.1, -0.05) is 60.1 Å². The van der Waals surface area contributed by atoms with Crippen LogP contribution < -0.4 is 14.5 Å². The highest BCUT2D eigenvalue weighted by Gasteiger charge is 2.61. The molecule has 3 aliphatic carbocycles. The number of hydrogen-bond acceptors (Lipinski definition) is 5. The Bertz CT molecular complexity index is 1720. The maximum Gasteiger partial charge on any atom is 0.316 e. The van der Waals surface area contributed by atoms with Crippen molar-refractivity contribution in [2.75, 3.05) is 16.3 Å². The maximum atomic E-state index is 14.0. The fourth-order valence-electron chi connectivity index (χ4n) is 7.53. The third kappa shape index (κ3) is 3.88. The molecular weight excluding hydrogens is 564 g/mol. The first-order chi connectivity index (χ1) is 20.9. The molecule has 8 heteroatoms. The normalized spacial score (nSPS) is 25.0. The van der Waals surface area contributed by atoms with Gasteiger partial charge in [0, 0.05) is 35.5 Å². The van der Waals surface area contributed by atoms with Gasteiger partial charge >= 0.3 is 5.97 Å². The molecule has 3 atom stereocenters. The molecule has 2 bridgehead atoms. The first-order valence-corrected chi connectivity index (χ1v) is 14.7. The molecule has 0 spiro atoms. The lowest BCUT2D eigenvalue weighted by Gasteiger charge is -2.45. The van der Waals surface area contributed by atoms with Crippen LogP contribution in [0.25, 0.3) is 0 Å². The van der Waals surface area contributed by atoms with Crippen LogP contribution in [-0.2, 0) is 19.2 Å². The van der Waals surface area contributed by atoms with Crippen molar-refractivity contribution < 1.29 is 23.9 Å². The van der Waals surface area contributed by atoms with Crippen molar-refractivity contribution >= 4 is 46.7 Å². The van der Waals surface area contributed by atoms with E-state index in [0.29, 0.717) is 16.4 Å². The maximum absolute atomic E-state index is 14.0. The van der Waals surface area contributed by atoms with E-state index in [-0.39, 0.29) is 48.3 Å². The van der Waals surface area contributed by atoms with Crippen LogP contribution in [0, 0.1) is 17.8 Å². The van der Waals surface area contributed by atoms with Crippen LogP contribution >= 0.6 is 11.6 Å². The minimum atomic E-state index is -0.619. The number of esters is 1. The van der Waals surface area contributed by atoms with Crippen molar-refractivity contribution in [3.63, 3.8) is 0 Å². The zero-order chi connectivity index (χ0) is 29.4. The number of imide groups is 1. The van der Waals surface area contributed by atoms with Crippen LogP contribution in [0.3, 0.4) is 0 Å². The molecule has 7 nitrogen and oxygen atoms in total. The van der Waals surface area contributed by atoms with E-state index in [9.17, 15) is 19.2 Å². The lowest BCUT2D eigenvalue weighted by molar-refractivity contribution is -0.139. The molecule has 2 aliphatic heterocycles. The smallest absolute Gasteiger partial charge is 0.316 e. The van der Waals surface area contributed by atoms with Gasteiger partial charge in [-0.3, -0.25) is 19.2 Å². The average molecular weight is 589 g/mol. The minimum absolute atomic E-state index is 0.0478.